The summed E-state index contributed by atoms with van der Waals surface area (Å²) in [4.78, 5) is 4.67. The minimum Gasteiger partial charge on any atom is -0.376 e. The van der Waals surface area contributed by atoms with Crippen molar-refractivity contribution in [1.82, 2.24) is 9.80 Å². The zero-order chi connectivity index (χ0) is 10.6. The average molecular weight is 215 g/mol. The normalized spacial score (nSPS) is 23.9. The van der Waals surface area contributed by atoms with Gasteiger partial charge in [0.05, 0.1) is 0 Å². The molecular weight excluding hydrogens is 194 g/mol. The molecule has 1 heterocycles. The quantitative estimate of drug-likeness (QED) is 0.713. The van der Waals surface area contributed by atoms with E-state index in [2.05, 4.69) is 23.6 Å². The summed E-state index contributed by atoms with van der Waals surface area (Å²) in [5.41, 5.74) is 5.64. The first-order valence-corrected chi connectivity index (χ1v) is 5.88. The monoisotopic (exact) mass is 215 g/mol. The maximum Gasteiger partial charge on any atom is 0.166 e. The van der Waals surface area contributed by atoms with Gasteiger partial charge in [0.2, 0.25) is 0 Å². The van der Waals surface area contributed by atoms with Gasteiger partial charge in [-0.1, -0.05) is 13.8 Å². The topological polar surface area (TPSA) is 32.5 Å². The van der Waals surface area contributed by atoms with Crippen molar-refractivity contribution in [2.24, 2.45) is 5.73 Å². The van der Waals surface area contributed by atoms with Gasteiger partial charge >= 0.3 is 0 Å². The molecule has 0 radical (unpaired) electrons. The lowest BCUT2D eigenvalue weighted by Gasteiger charge is -2.41. The summed E-state index contributed by atoms with van der Waals surface area (Å²) in [6.07, 6.45) is 2.41. The molecule has 1 atom stereocenters. The van der Waals surface area contributed by atoms with Crippen LogP contribution in [0, 0.1) is 0 Å². The van der Waals surface area contributed by atoms with E-state index in [1.54, 1.807) is 0 Å². The fourth-order valence-electron chi connectivity index (χ4n) is 2.06. The minimum absolute atomic E-state index is 0.555. The van der Waals surface area contributed by atoms with E-state index < -0.39 is 0 Å². The third-order valence-corrected chi connectivity index (χ3v) is 3.16. The summed E-state index contributed by atoms with van der Waals surface area (Å²) in [7, 11) is 0. The van der Waals surface area contributed by atoms with Crippen LogP contribution in [0.3, 0.4) is 0 Å². The summed E-state index contributed by atoms with van der Waals surface area (Å²) >= 11 is 5.00. The van der Waals surface area contributed by atoms with Crippen molar-refractivity contribution >= 4 is 17.3 Å². The van der Waals surface area contributed by atoms with Crippen molar-refractivity contribution in [1.29, 1.82) is 0 Å². The first-order valence-electron chi connectivity index (χ1n) is 5.47. The predicted molar refractivity (Wildman–Crippen MR) is 64.3 cm³/mol. The van der Waals surface area contributed by atoms with E-state index >= 15 is 0 Å². The number of rotatable bonds is 3. The summed E-state index contributed by atoms with van der Waals surface area (Å²) in [5.74, 6) is 0. The lowest BCUT2D eigenvalue weighted by molar-refractivity contribution is 0.110. The van der Waals surface area contributed by atoms with E-state index in [-0.39, 0.29) is 0 Å². The van der Waals surface area contributed by atoms with Gasteiger partial charge in [-0.05, 0) is 31.6 Å². The molecule has 14 heavy (non-hydrogen) atoms. The van der Waals surface area contributed by atoms with Gasteiger partial charge in [0, 0.05) is 25.7 Å². The van der Waals surface area contributed by atoms with Gasteiger partial charge in [-0.15, -0.1) is 0 Å². The molecule has 0 bridgehead atoms. The van der Waals surface area contributed by atoms with E-state index in [4.69, 9.17) is 18.0 Å². The smallest absolute Gasteiger partial charge is 0.166 e. The van der Waals surface area contributed by atoms with Crippen LogP contribution in [0.1, 0.15) is 26.7 Å². The summed E-state index contributed by atoms with van der Waals surface area (Å²) in [6, 6.07) is 0.630. The number of nitrogens with two attached hydrogens (primary N) is 1. The average Bonchev–Trinajstić information content (AvgIpc) is 2.18. The third kappa shape index (κ3) is 2.82. The fraction of sp³-hybridized carbons (Fsp3) is 0.900. The van der Waals surface area contributed by atoms with Crippen molar-refractivity contribution in [3.63, 3.8) is 0 Å². The molecule has 1 fully saturated rings. The Morgan fingerprint density at radius 1 is 1.43 bits per heavy atom. The molecule has 4 heteroatoms. The van der Waals surface area contributed by atoms with E-state index in [0.717, 1.165) is 19.6 Å². The molecular formula is C10H21N3S. The number of hydrogen-bond donors (Lipinski definition) is 1. The summed E-state index contributed by atoms with van der Waals surface area (Å²) < 4.78 is 0. The summed E-state index contributed by atoms with van der Waals surface area (Å²) in [5, 5.41) is 0.555. The van der Waals surface area contributed by atoms with Gasteiger partial charge in [-0.2, -0.15) is 0 Å². The standard InChI is InChI=1S/C10H21N3S/c1-3-5-12-6-7-13(10(11)14)8-9(12)4-2/h9H,3-8H2,1-2H3,(H2,11,14). The van der Waals surface area contributed by atoms with Gasteiger partial charge < -0.3 is 10.6 Å². The van der Waals surface area contributed by atoms with Crippen LogP contribution in [-0.4, -0.2) is 47.1 Å². The largest absolute Gasteiger partial charge is 0.376 e. The van der Waals surface area contributed by atoms with E-state index in [0.29, 0.717) is 11.2 Å². The molecule has 1 aliphatic heterocycles. The predicted octanol–water partition coefficient (Wildman–Crippen LogP) is 1.04. The SMILES string of the molecule is CCCN1CCN(C(N)=S)CC1CC. The molecule has 1 unspecified atom stereocenters. The first kappa shape index (κ1) is 11.7. The molecule has 82 valence electrons. The van der Waals surface area contributed by atoms with E-state index in [1.807, 2.05) is 0 Å². The molecule has 0 saturated carbocycles. The van der Waals surface area contributed by atoms with Crippen LogP contribution >= 0.6 is 12.2 Å². The lowest BCUT2D eigenvalue weighted by Crippen LogP contribution is -2.55. The Kier molecular flexibility index (Phi) is 4.62. The Hall–Kier alpha value is -0.350. The van der Waals surface area contributed by atoms with E-state index in [9.17, 15) is 0 Å². The van der Waals surface area contributed by atoms with Crippen molar-refractivity contribution in [2.75, 3.05) is 26.2 Å². The fourth-order valence-corrected chi connectivity index (χ4v) is 2.23. The molecule has 0 spiro atoms. The highest BCUT2D eigenvalue weighted by molar-refractivity contribution is 7.80. The Balaban J connectivity index is 2.50. The van der Waals surface area contributed by atoms with Gasteiger partial charge in [-0.3, -0.25) is 4.90 Å². The van der Waals surface area contributed by atoms with Crippen LogP contribution in [0.2, 0.25) is 0 Å². The molecule has 0 aromatic rings. The molecule has 0 aromatic heterocycles. The van der Waals surface area contributed by atoms with Crippen LogP contribution in [-0.2, 0) is 0 Å². The summed E-state index contributed by atoms with van der Waals surface area (Å²) in [6.45, 7) is 8.76. The third-order valence-electron chi connectivity index (χ3n) is 2.90. The second-order valence-corrected chi connectivity index (χ2v) is 4.30. The second-order valence-electron chi connectivity index (χ2n) is 3.88. The highest BCUT2D eigenvalue weighted by Gasteiger charge is 2.25. The molecule has 1 aliphatic rings. The minimum atomic E-state index is 0.555. The van der Waals surface area contributed by atoms with Crippen LogP contribution in [0.4, 0.5) is 0 Å². The van der Waals surface area contributed by atoms with Gasteiger partial charge in [-0.25, -0.2) is 0 Å². The number of thiocarbonyl (C=S) groups is 1. The van der Waals surface area contributed by atoms with Crippen LogP contribution < -0.4 is 5.73 Å². The van der Waals surface area contributed by atoms with Gasteiger partial charge in [0.25, 0.3) is 0 Å². The molecule has 0 amide bonds. The Bertz CT molecular complexity index is 196. The molecule has 1 rings (SSSR count). The van der Waals surface area contributed by atoms with Crippen molar-refractivity contribution in [3.8, 4) is 0 Å². The number of nitrogens with zero attached hydrogens (tertiary/aromatic N) is 2. The molecule has 0 aliphatic carbocycles. The number of piperazine rings is 1. The second kappa shape index (κ2) is 5.51. The van der Waals surface area contributed by atoms with Crippen molar-refractivity contribution < 1.29 is 0 Å². The van der Waals surface area contributed by atoms with Crippen molar-refractivity contribution in [3.05, 3.63) is 0 Å². The Labute approximate surface area is 92.2 Å². The highest BCUT2D eigenvalue weighted by atomic mass is 32.1. The maximum atomic E-state index is 5.64. The molecule has 0 aromatic carbocycles. The molecule has 1 saturated heterocycles. The van der Waals surface area contributed by atoms with E-state index in [1.165, 1.54) is 19.4 Å². The molecule has 2 N–H and O–H groups in total. The van der Waals surface area contributed by atoms with Crippen molar-refractivity contribution in [2.45, 2.75) is 32.7 Å². The maximum absolute atomic E-state index is 5.64. The zero-order valence-electron chi connectivity index (χ0n) is 9.20. The number of hydrogen-bond acceptors (Lipinski definition) is 2. The van der Waals surface area contributed by atoms with Crippen LogP contribution in [0.15, 0.2) is 0 Å². The van der Waals surface area contributed by atoms with Gasteiger partial charge in [0.15, 0.2) is 5.11 Å². The lowest BCUT2D eigenvalue weighted by atomic mass is 10.1. The Morgan fingerprint density at radius 3 is 2.64 bits per heavy atom. The zero-order valence-corrected chi connectivity index (χ0v) is 10.0. The highest BCUT2D eigenvalue weighted by Crippen LogP contribution is 2.12. The first-order chi connectivity index (χ1) is 6.69. The Morgan fingerprint density at radius 2 is 2.14 bits per heavy atom. The molecule has 3 nitrogen and oxygen atoms in total. The van der Waals surface area contributed by atoms with Crippen LogP contribution in [0.5, 0.6) is 0 Å². The van der Waals surface area contributed by atoms with Gasteiger partial charge in [0.1, 0.15) is 0 Å². The van der Waals surface area contributed by atoms with Crippen LogP contribution in [0.25, 0.3) is 0 Å².